The molecule has 0 aromatic heterocycles. The molecule has 1 aromatic rings. The second-order valence-corrected chi connectivity index (χ2v) is 8.02. The number of piperidine rings is 3. The molecule has 3 aliphatic rings. The molecule has 1 aromatic carbocycles. The molecule has 2 bridgehead atoms. The number of aliphatic hydroxyl groups is 1. The molecule has 6 heteroatoms. The van der Waals surface area contributed by atoms with Crippen molar-refractivity contribution >= 4 is 19.7 Å². The van der Waals surface area contributed by atoms with Gasteiger partial charge in [0.15, 0.2) is 0 Å². The summed E-state index contributed by atoms with van der Waals surface area (Å²) in [5.74, 6) is 0.634. The first kappa shape index (κ1) is 15.8. The predicted octanol–water partition coefficient (Wildman–Crippen LogP) is 2.00. The number of hydrogen-bond donors (Lipinski definition) is 1. The van der Waals surface area contributed by atoms with Crippen LogP contribution in [0.4, 0.5) is 0 Å². The maximum atomic E-state index is 10.7. The Morgan fingerprint density at radius 1 is 1.20 bits per heavy atom. The zero-order valence-electron chi connectivity index (χ0n) is 11.5. The Balaban J connectivity index is 0.000000149. The molecule has 3 heterocycles. The molecular weight excluding hydrogens is 298 g/mol. The highest BCUT2D eigenvalue weighted by Gasteiger charge is 2.32. The highest BCUT2D eigenvalue weighted by molar-refractivity contribution is 8.13. The quantitative estimate of drug-likeness (QED) is 0.805. The van der Waals surface area contributed by atoms with E-state index in [0.717, 1.165) is 12.1 Å². The average molecular weight is 318 g/mol. The molecule has 1 unspecified atom stereocenters. The molecule has 3 saturated heterocycles. The van der Waals surface area contributed by atoms with Crippen LogP contribution in [0.15, 0.2) is 29.2 Å². The summed E-state index contributed by atoms with van der Waals surface area (Å²) in [6.45, 7) is 5.26. The number of fused-ring (bicyclic) bond motifs is 3. The van der Waals surface area contributed by atoms with E-state index in [9.17, 15) is 13.5 Å². The van der Waals surface area contributed by atoms with Gasteiger partial charge >= 0.3 is 0 Å². The molecule has 1 atom stereocenters. The van der Waals surface area contributed by atoms with Gasteiger partial charge in [0, 0.05) is 17.2 Å². The largest absolute Gasteiger partial charge is 0.392 e. The lowest BCUT2D eigenvalue weighted by Crippen LogP contribution is -2.50. The summed E-state index contributed by atoms with van der Waals surface area (Å²) in [5.41, 5.74) is 1.01. The van der Waals surface area contributed by atoms with E-state index in [2.05, 4.69) is 4.90 Å². The van der Waals surface area contributed by atoms with E-state index < -0.39 is 9.05 Å². The smallest absolute Gasteiger partial charge is 0.261 e. The molecule has 3 fully saturated rings. The van der Waals surface area contributed by atoms with Crippen molar-refractivity contribution in [1.29, 1.82) is 0 Å². The van der Waals surface area contributed by atoms with Crippen LogP contribution in [0.2, 0.25) is 0 Å². The molecule has 0 saturated carbocycles. The molecule has 0 aliphatic carbocycles. The Bertz CT molecular complexity index is 536. The standard InChI is InChI=1S/C7H7ClO2S.C7H13NO/c1-6-2-4-7(5-3-6)11(8,9)10;9-7-5-8-3-1-6(7)2-4-8/h2-5H,1H3;6-7,9H,1-5H2. The van der Waals surface area contributed by atoms with Crippen molar-refractivity contribution in [2.75, 3.05) is 19.6 Å². The van der Waals surface area contributed by atoms with E-state index in [-0.39, 0.29) is 11.0 Å². The minimum atomic E-state index is -3.55. The molecule has 0 amide bonds. The van der Waals surface area contributed by atoms with Gasteiger partial charge in [-0.25, -0.2) is 8.42 Å². The van der Waals surface area contributed by atoms with Gasteiger partial charge in [0.25, 0.3) is 9.05 Å². The van der Waals surface area contributed by atoms with E-state index in [1.807, 2.05) is 6.92 Å². The predicted molar refractivity (Wildman–Crippen MR) is 79.4 cm³/mol. The number of halogens is 1. The zero-order chi connectivity index (χ0) is 14.8. The third-order valence-electron chi connectivity index (χ3n) is 3.92. The zero-order valence-corrected chi connectivity index (χ0v) is 13.1. The molecule has 3 aliphatic heterocycles. The maximum Gasteiger partial charge on any atom is 0.261 e. The van der Waals surface area contributed by atoms with Crippen LogP contribution >= 0.6 is 10.7 Å². The van der Waals surface area contributed by atoms with Gasteiger partial charge in [-0.3, -0.25) is 0 Å². The van der Waals surface area contributed by atoms with E-state index >= 15 is 0 Å². The van der Waals surface area contributed by atoms with Crippen LogP contribution in [-0.4, -0.2) is 44.2 Å². The van der Waals surface area contributed by atoms with Crippen LogP contribution in [0.1, 0.15) is 18.4 Å². The molecule has 0 spiro atoms. The van der Waals surface area contributed by atoms with E-state index in [1.165, 1.54) is 38.1 Å². The van der Waals surface area contributed by atoms with Crippen molar-refractivity contribution in [3.63, 3.8) is 0 Å². The number of aliphatic hydroxyl groups excluding tert-OH is 1. The number of nitrogens with zero attached hydrogens (tertiary/aromatic N) is 1. The monoisotopic (exact) mass is 317 g/mol. The van der Waals surface area contributed by atoms with Gasteiger partial charge in [-0.1, -0.05) is 17.7 Å². The Morgan fingerprint density at radius 2 is 1.75 bits per heavy atom. The SMILES string of the molecule is Cc1ccc(S(=O)(=O)Cl)cc1.OC1CN2CCC1CC2. The fourth-order valence-corrected chi connectivity index (χ4v) is 3.40. The van der Waals surface area contributed by atoms with Gasteiger partial charge in [0.2, 0.25) is 0 Å². The number of hydrogen-bond acceptors (Lipinski definition) is 4. The lowest BCUT2D eigenvalue weighted by Gasteiger charge is -2.42. The fraction of sp³-hybridized carbons (Fsp3) is 0.571. The normalized spacial score (nSPS) is 28.6. The second-order valence-electron chi connectivity index (χ2n) is 5.46. The number of rotatable bonds is 1. The first-order valence-corrected chi connectivity index (χ1v) is 9.09. The topological polar surface area (TPSA) is 57.6 Å². The molecule has 0 radical (unpaired) electrons. The summed E-state index contributed by atoms with van der Waals surface area (Å²) in [6.07, 6.45) is 2.44. The van der Waals surface area contributed by atoms with Crippen molar-refractivity contribution in [3.8, 4) is 0 Å². The number of benzene rings is 1. The summed E-state index contributed by atoms with van der Waals surface area (Å²) >= 11 is 0. The van der Waals surface area contributed by atoms with Crippen LogP contribution in [0.3, 0.4) is 0 Å². The van der Waals surface area contributed by atoms with Gasteiger partial charge in [-0.2, -0.15) is 0 Å². The average Bonchev–Trinajstić information content (AvgIpc) is 2.40. The Hall–Kier alpha value is -0.620. The van der Waals surface area contributed by atoms with Gasteiger partial charge in [-0.15, -0.1) is 0 Å². The molecule has 112 valence electrons. The molecular formula is C14H20ClNO3S. The van der Waals surface area contributed by atoms with E-state index in [0.29, 0.717) is 5.92 Å². The molecule has 4 nitrogen and oxygen atoms in total. The second kappa shape index (κ2) is 6.43. The third kappa shape index (κ3) is 4.19. The Morgan fingerprint density at radius 3 is 2.05 bits per heavy atom. The van der Waals surface area contributed by atoms with Crippen LogP contribution < -0.4 is 0 Å². The number of aryl methyl sites for hydroxylation is 1. The summed E-state index contributed by atoms with van der Waals surface area (Å²) in [5, 5.41) is 9.36. The fourth-order valence-electron chi connectivity index (χ4n) is 2.63. The highest BCUT2D eigenvalue weighted by Crippen LogP contribution is 2.26. The van der Waals surface area contributed by atoms with Crippen LogP contribution in [0, 0.1) is 12.8 Å². The van der Waals surface area contributed by atoms with Gasteiger partial charge in [0.1, 0.15) is 0 Å². The maximum absolute atomic E-state index is 10.7. The first-order valence-electron chi connectivity index (χ1n) is 6.78. The van der Waals surface area contributed by atoms with Crippen LogP contribution in [0.25, 0.3) is 0 Å². The highest BCUT2D eigenvalue weighted by atomic mass is 35.7. The summed E-state index contributed by atoms with van der Waals surface area (Å²) in [7, 11) is 1.54. The van der Waals surface area contributed by atoms with Crippen LogP contribution in [0.5, 0.6) is 0 Å². The van der Waals surface area contributed by atoms with Crippen molar-refractivity contribution in [2.45, 2.75) is 30.8 Å². The van der Waals surface area contributed by atoms with Gasteiger partial charge < -0.3 is 10.0 Å². The van der Waals surface area contributed by atoms with Crippen molar-refractivity contribution in [1.82, 2.24) is 4.90 Å². The van der Waals surface area contributed by atoms with Crippen molar-refractivity contribution in [2.24, 2.45) is 5.92 Å². The Labute approximate surface area is 124 Å². The lowest BCUT2D eigenvalue weighted by molar-refractivity contribution is -0.0227. The molecule has 20 heavy (non-hydrogen) atoms. The summed E-state index contributed by atoms with van der Waals surface area (Å²) in [4.78, 5) is 2.50. The van der Waals surface area contributed by atoms with Crippen molar-refractivity contribution in [3.05, 3.63) is 29.8 Å². The Kier molecular flexibility index (Phi) is 5.07. The van der Waals surface area contributed by atoms with Gasteiger partial charge in [0.05, 0.1) is 11.0 Å². The van der Waals surface area contributed by atoms with Crippen molar-refractivity contribution < 1.29 is 13.5 Å². The van der Waals surface area contributed by atoms with Crippen LogP contribution in [-0.2, 0) is 9.05 Å². The molecule has 4 rings (SSSR count). The summed E-state index contributed by atoms with van der Waals surface area (Å²) in [6, 6.07) is 6.37. The van der Waals surface area contributed by atoms with E-state index in [1.54, 1.807) is 12.1 Å². The lowest BCUT2D eigenvalue weighted by atomic mass is 9.86. The minimum absolute atomic E-state index is 0.00694. The van der Waals surface area contributed by atoms with E-state index in [4.69, 9.17) is 10.7 Å². The van der Waals surface area contributed by atoms with Gasteiger partial charge in [-0.05, 0) is 50.9 Å². The first-order chi connectivity index (χ1) is 9.36. The minimum Gasteiger partial charge on any atom is -0.392 e. The molecule has 1 N–H and O–H groups in total. The third-order valence-corrected chi connectivity index (χ3v) is 5.29. The summed E-state index contributed by atoms with van der Waals surface area (Å²) < 4.78 is 21.4.